The Bertz CT molecular complexity index is 401. The SMILES string of the molecule is c1ccc2c(c1)CNCC2CNCCC1CCCO1. The largest absolute Gasteiger partial charge is 0.378 e. The molecule has 1 fully saturated rings. The maximum absolute atomic E-state index is 5.65. The van der Waals surface area contributed by atoms with Gasteiger partial charge in [-0.25, -0.2) is 0 Å². The smallest absolute Gasteiger partial charge is 0.0588 e. The second kappa shape index (κ2) is 6.51. The van der Waals surface area contributed by atoms with Gasteiger partial charge >= 0.3 is 0 Å². The summed E-state index contributed by atoms with van der Waals surface area (Å²) >= 11 is 0. The Morgan fingerprint density at radius 3 is 3.16 bits per heavy atom. The van der Waals surface area contributed by atoms with Crippen LogP contribution >= 0.6 is 0 Å². The minimum absolute atomic E-state index is 0.504. The minimum Gasteiger partial charge on any atom is -0.378 e. The van der Waals surface area contributed by atoms with E-state index in [2.05, 4.69) is 34.9 Å². The van der Waals surface area contributed by atoms with Crippen molar-refractivity contribution in [2.75, 3.05) is 26.2 Å². The summed E-state index contributed by atoms with van der Waals surface area (Å²) in [5.74, 6) is 0.606. The second-order valence-electron chi connectivity index (χ2n) is 5.65. The Hall–Kier alpha value is -0.900. The molecule has 2 aliphatic rings. The lowest BCUT2D eigenvalue weighted by molar-refractivity contribution is 0.104. The van der Waals surface area contributed by atoms with E-state index >= 15 is 0 Å². The van der Waals surface area contributed by atoms with Gasteiger partial charge in [-0.1, -0.05) is 24.3 Å². The number of benzene rings is 1. The molecule has 0 bridgehead atoms. The highest BCUT2D eigenvalue weighted by molar-refractivity contribution is 5.32. The van der Waals surface area contributed by atoms with Crippen LogP contribution in [0, 0.1) is 0 Å². The van der Waals surface area contributed by atoms with Crippen molar-refractivity contribution in [1.82, 2.24) is 10.6 Å². The topological polar surface area (TPSA) is 33.3 Å². The molecule has 19 heavy (non-hydrogen) atoms. The molecule has 2 aliphatic heterocycles. The monoisotopic (exact) mass is 260 g/mol. The van der Waals surface area contributed by atoms with Crippen LogP contribution in [0.15, 0.2) is 24.3 Å². The summed E-state index contributed by atoms with van der Waals surface area (Å²) in [6, 6.07) is 8.81. The molecule has 2 atom stereocenters. The molecular weight excluding hydrogens is 236 g/mol. The minimum atomic E-state index is 0.504. The Morgan fingerprint density at radius 2 is 2.26 bits per heavy atom. The second-order valence-corrected chi connectivity index (χ2v) is 5.65. The number of hydrogen-bond donors (Lipinski definition) is 2. The standard InChI is InChI=1S/C16H24N2O/c1-2-6-16-13(4-1)10-18-12-14(16)11-17-8-7-15-5-3-9-19-15/h1-2,4,6,14-15,17-18H,3,5,7-12H2. The molecule has 1 saturated heterocycles. The Labute approximate surface area is 115 Å². The summed E-state index contributed by atoms with van der Waals surface area (Å²) < 4.78 is 5.65. The average Bonchev–Trinajstić information content (AvgIpc) is 2.97. The van der Waals surface area contributed by atoms with Gasteiger partial charge in [0.2, 0.25) is 0 Å². The molecule has 3 nitrogen and oxygen atoms in total. The average molecular weight is 260 g/mol. The fourth-order valence-corrected chi connectivity index (χ4v) is 3.18. The molecule has 0 saturated carbocycles. The molecule has 1 aromatic rings. The van der Waals surface area contributed by atoms with E-state index in [1.165, 1.54) is 24.0 Å². The van der Waals surface area contributed by atoms with Gasteiger partial charge in [-0.2, -0.15) is 0 Å². The normalized spacial score (nSPS) is 26.3. The molecule has 0 aliphatic carbocycles. The number of fused-ring (bicyclic) bond motifs is 1. The first-order chi connectivity index (χ1) is 9.43. The maximum Gasteiger partial charge on any atom is 0.0588 e. The van der Waals surface area contributed by atoms with Crippen molar-refractivity contribution in [2.45, 2.75) is 37.8 Å². The Balaban J connectivity index is 1.45. The van der Waals surface area contributed by atoms with Crippen LogP contribution < -0.4 is 10.6 Å². The summed E-state index contributed by atoms with van der Waals surface area (Å²) in [5, 5.41) is 7.11. The predicted octanol–water partition coefficient (Wildman–Crippen LogP) is 2.03. The molecule has 2 N–H and O–H groups in total. The predicted molar refractivity (Wildman–Crippen MR) is 77.4 cm³/mol. The van der Waals surface area contributed by atoms with Crippen LogP contribution in [0.5, 0.6) is 0 Å². The van der Waals surface area contributed by atoms with Crippen molar-refractivity contribution in [3.63, 3.8) is 0 Å². The molecule has 1 aromatic carbocycles. The highest BCUT2D eigenvalue weighted by Gasteiger charge is 2.19. The van der Waals surface area contributed by atoms with Gasteiger partial charge in [0.25, 0.3) is 0 Å². The first kappa shape index (κ1) is 13.1. The summed E-state index contributed by atoms with van der Waals surface area (Å²) in [7, 11) is 0. The van der Waals surface area contributed by atoms with Crippen molar-refractivity contribution >= 4 is 0 Å². The van der Waals surface area contributed by atoms with E-state index < -0.39 is 0 Å². The Morgan fingerprint density at radius 1 is 1.32 bits per heavy atom. The van der Waals surface area contributed by atoms with E-state index in [1.54, 1.807) is 0 Å². The highest BCUT2D eigenvalue weighted by atomic mass is 16.5. The van der Waals surface area contributed by atoms with Crippen LogP contribution in [-0.2, 0) is 11.3 Å². The Kier molecular flexibility index (Phi) is 4.49. The van der Waals surface area contributed by atoms with Crippen LogP contribution in [0.2, 0.25) is 0 Å². The van der Waals surface area contributed by atoms with Crippen LogP contribution in [0.4, 0.5) is 0 Å². The quantitative estimate of drug-likeness (QED) is 0.795. The van der Waals surface area contributed by atoms with Gasteiger partial charge in [0.05, 0.1) is 6.10 Å². The molecule has 0 aromatic heterocycles. The highest BCUT2D eigenvalue weighted by Crippen LogP contribution is 2.23. The van der Waals surface area contributed by atoms with Gasteiger partial charge in [0.15, 0.2) is 0 Å². The van der Waals surface area contributed by atoms with Crippen molar-refractivity contribution in [3.05, 3.63) is 35.4 Å². The summed E-state index contributed by atoms with van der Waals surface area (Å²) in [5.41, 5.74) is 2.98. The van der Waals surface area contributed by atoms with E-state index in [-0.39, 0.29) is 0 Å². The zero-order valence-electron chi connectivity index (χ0n) is 11.5. The molecular formula is C16H24N2O. The third-order valence-electron chi connectivity index (χ3n) is 4.26. The zero-order chi connectivity index (χ0) is 12.9. The third-order valence-corrected chi connectivity index (χ3v) is 4.26. The van der Waals surface area contributed by atoms with E-state index in [0.717, 1.165) is 39.2 Å². The fraction of sp³-hybridized carbons (Fsp3) is 0.625. The van der Waals surface area contributed by atoms with Crippen molar-refractivity contribution in [3.8, 4) is 0 Å². The lowest BCUT2D eigenvalue weighted by Crippen LogP contribution is -2.35. The molecule has 2 heterocycles. The third kappa shape index (κ3) is 3.35. The molecule has 0 amide bonds. The van der Waals surface area contributed by atoms with Gasteiger partial charge in [0, 0.05) is 32.2 Å². The van der Waals surface area contributed by atoms with Crippen molar-refractivity contribution in [2.24, 2.45) is 0 Å². The fourth-order valence-electron chi connectivity index (χ4n) is 3.18. The van der Waals surface area contributed by atoms with E-state index in [9.17, 15) is 0 Å². The van der Waals surface area contributed by atoms with Gasteiger partial charge in [-0.15, -0.1) is 0 Å². The molecule has 104 valence electrons. The van der Waals surface area contributed by atoms with E-state index in [1.807, 2.05) is 0 Å². The summed E-state index contributed by atoms with van der Waals surface area (Å²) in [4.78, 5) is 0. The summed E-state index contributed by atoms with van der Waals surface area (Å²) in [6.45, 7) is 5.21. The van der Waals surface area contributed by atoms with Crippen molar-refractivity contribution < 1.29 is 4.74 Å². The van der Waals surface area contributed by atoms with Crippen LogP contribution in [0.3, 0.4) is 0 Å². The first-order valence-corrected chi connectivity index (χ1v) is 7.54. The number of hydrogen-bond acceptors (Lipinski definition) is 3. The molecule has 3 rings (SSSR count). The lowest BCUT2D eigenvalue weighted by atomic mass is 9.91. The first-order valence-electron chi connectivity index (χ1n) is 7.54. The van der Waals surface area contributed by atoms with Crippen LogP contribution in [-0.4, -0.2) is 32.3 Å². The van der Waals surface area contributed by atoms with Gasteiger partial charge in [-0.05, 0) is 36.9 Å². The number of rotatable bonds is 5. The van der Waals surface area contributed by atoms with Crippen LogP contribution in [0.25, 0.3) is 0 Å². The molecule has 3 heteroatoms. The van der Waals surface area contributed by atoms with E-state index in [0.29, 0.717) is 12.0 Å². The van der Waals surface area contributed by atoms with Gasteiger partial charge < -0.3 is 15.4 Å². The summed E-state index contributed by atoms with van der Waals surface area (Å²) in [6.07, 6.45) is 4.14. The zero-order valence-corrected chi connectivity index (χ0v) is 11.5. The maximum atomic E-state index is 5.65. The van der Waals surface area contributed by atoms with Gasteiger partial charge in [-0.3, -0.25) is 0 Å². The van der Waals surface area contributed by atoms with Gasteiger partial charge in [0.1, 0.15) is 0 Å². The van der Waals surface area contributed by atoms with Crippen LogP contribution in [0.1, 0.15) is 36.3 Å². The van der Waals surface area contributed by atoms with Crippen molar-refractivity contribution in [1.29, 1.82) is 0 Å². The lowest BCUT2D eigenvalue weighted by Gasteiger charge is -2.26. The molecule has 2 unspecified atom stereocenters. The molecule has 0 spiro atoms. The number of nitrogens with one attached hydrogen (secondary N) is 2. The number of ether oxygens (including phenoxy) is 1. The molecule has 0 radical (unpaired) electrons. The van der Waals surface area contributed by atoms with E-state index in [4.69, 9.17) is 4.74 Å².